The highest BCUT2D eigenvalue weighted by molar-refractivity contribution is 7.80. The van der Waals surface area contributed by atoms with Crippen molar-refractivity contribution in [3.05, 3.63) is 34.9 Å². The second-order valence-corrected chi connectivity index (χ2v) is 4.85. The lowest BCUT2D eigenvalue weighted by atomic mass is 10.1. The van der Waals surface area contributed by atoms with Crippen LogP contribution in [0.5, 0.6) is 0 Å². The Morgan fingerprint density at radius 3 is 2.61 bits per heavy atom. The van der Waals surface area contributed by atoms with Crippen molar-refractivity contribution in [2.24, 2.45) is 0 Å². The van der Waals surface area contributed by atoms with Crippen LogP contribution in [0.3, 0.4) is 0 Å². The fraction of sp³-hybridized carbons (Fsp3) is 0.250. The molecule has 0 spiro atoms. The van der Waals surface area contributed by atoms with Gasteiger partial charge in [-0.25, -0.2) is 0 Å². The van der Waals surface area contributed by atoms with Crippen molar-refractivity contribution in [3.63, 3.8) is 0 Å². The molecule has 1 aliphatic rings. The summed E-state index contributed by atoms with van der Waals surface area (Å²) in [5.41, 5.74) is 0.926. The monoisotopic (exact) mass is 282 g/mol. The molecule has 1 aliphatic heterocycles. The molecule has 0 aliphatic carbocycles. The van der Waals surface area contributed by atoms with Gasteiger partial charge in [-0.15, -0.1) is 0 Å². The molecule has 1 fully saturated rings. The molecule has 6 heteroatoms. The zero-order valence-electron chi connectivity index (χ0n) is 9.64. The van der Waals surface area contributed by atoms with Gasteiger partial charge in [-0.2, -0.15) is 0 Å². The lowest BCUT2D eigenvalue weighted by Crippen LogP contribution is -2.40. The molecule has 0 aromatic heterocycles. The number of amides is 2. The molecule has 1 saturated heterocycles. The van der Waals surface area contributed by atoms with Crippen LogP contribution in [0.25, 0.3) is 0 Å². The third kappa shape index (κ3) is 2.52. The minimum atomic E-state index is -0.573. The first-order valence-corrected chi connectivity index (χ1v) is 6.16. The summed E-state index contributed by atoms with van der Waals surface area (Å²) in [6, 6.07) is 6.58. The van der Waals surface area contributed by atoms with Crippen LogP contribution in [-0.2, 0) is 16.0 Å². The molecule has 0 radical (unpaired) electrons. The smallest absolute Gasteiger partial charge is 0.249 e. The van der Waals surface area contributed by atoms with Crippen LogP contribution in [0.2, 0.25) is 5.02 Å². The summed E-state index contributed by atoms with van der Waals surface area (Å²) in [7, 11) is 0. The Kier molecular flexibility index (Phi) is 3.63. The summed E-state index contributed by atoms with van der Waals surface area (Å²) >= 11 is 10.8. The summed E-state index contributed by atoms with van der Waals surface area (Å²) in [6.07, 6.45) is 0.419. The molecular weight excluding hydrogens is 272 g/mol. The molecule has 1 aromatic carbocycles. The number of carbonyl (C=O) groups is 2. The van der Waals surface area contributed by atoms with Gasteiger partial charge in [0, 0.05) is 18.4 Å². The number of halogens is 1. The maximum atomic E-state index is 11.8. The molecule has 18 heavy (non-hydrogen) atoms. The van der Waals surface area contributed by atoms with Crippen molar-refractivity contribution in [1.29, 1.82) is 0 Å². The largest absolute Gasteiger partial charge is 0.301 e. The van der Waals surface area contributed by atoms with Gasteiger partial charge in [0.05, 0.1) is 0 Å². The van der Waals surface area contributed by atoms with Gasteiger partial charge in [0.15, 0.2) is 5.11 Å². The van der Waals surface area contributed by atoms with Gasteiger partial charge in [0.2, 0.25) is 11.8 Å². The third-order valence-corrected chi connectivity index (χ3v) is 3.30. The molecule has 0 bridgehead atoms. The number of hydrogen-bond acceptors (Lipinski definition) is 3. The van der Waals surface area contributed by atoms with Gasteiger partial charge < -0.3 is 5.32 Å². The van der Waals surface area contributed by atoms with Gasteiger partial charge in [-0.05, 0) is 29.9 Å². The van der Waals surface area contributed by atoms with Crippen molar-refractivity contribution in [1.82, 2.24) is 10.2 Å². The molecule has 1 atom stereocenters. The number of nitrogens with one attached hydrogen (secondary N) is 1. The van der Waals surface area contributed by atoms with E-state index in [1.165, 1.54) is 11.8 Å². The minimum absolute atomic E-state index is 0.173. The molecular formula is C12H11ClN2O2S. The summed E-state index contributed by atoms with van der Waals surface area (Å²) < 4.78 is 0. The Morgan fingerprint density at radius 1 is 1.44 bits per heavy atom. The van der Waals surface area contributed by atoms with Gasteiger partial charge in [-0.1, -0.05) is 23.7 Å². The lowest BCUT2D eigenvalue weighted by molar-refractivity contribution is -0.131. The Labute approximate surface area is 115 Å². The van der Waals surface area contributed by atoms with Crippen LogP contribution < -0.4 is 5.32 Å². The van der Waals surface area contributed by atoms with E-state index in [0.717, 1.165) is 5.56 Å². The molecule has 0 saturated carbocycles. The number of benzene rings is 1. The Hall–Kier alpha value is -1.46. The topological polar surface area (TPSA) is 49.4 Å². The van der Waals surface area contributed by atoms with Gasteiger partial charge >= 0.3 is 0 Å². The van der Waals surface area contributed by atoms with Crippen LogP contribution in [0, 0.1) is 0 Å². The quantitative estimate of drug-likeness (QED) is 0.837. The summed E-state index contributed by atoms with van der Waals surface area (Å²) in [5, 5.41) is 3.31. The fourth-order valence-electron chi connectivity index (χ4n) is 1.90. The number of nitrogens with zero attached hydrogens (tertiary/aromatic N) is 1. The third-order valence-electron chi connectivity index (χ3n) is 2.74. The summed E-state index contributed by atoms with van der Waals surface area (Å²) in [4.78, 5) is 24.5. The second kappa shape index (κ2) is 5.04. The van der Waals surface area contributed by atoms with E-state index in [2.05, 4.69) is 5.32 Å². The summed E-state index contributed by atoms with van der Waals surface area (Å²) in [6.45, 7) is 1.39. The van der Waals surface area contributed by atoms with E-state index in [4.69, 9.17) is 23.8 Å². The second-order valence-electron chi connectivity index (χ2n) is 4.03. The molecule has 1 heterocycles. The maximum absolute atomic E-state index is 11.8. The first-order valence-electron chi connectivity index (χ1n) is 5.38. The zero-order valence-corrected chi connectivity index (χ0v) is 11.2. The van der Waals surface area contributed by atoms with E-state index in [0.29, 0.717) is 11.4 Å². The predicted molar refractivity (Wildman–Crippen MR) is 72.2 cm³/mol. The van der Waals surface area contributed by atoms with Crippen LogP contribution in [0.1, 0.15) is 12.5 Å². The van der Waals surface area contributed by atoms with Crippen molar-refractivity contribution in [2.75, 3.05) is 0 Å². The molecule has 94 valence electrons. The molecule has 2 rings (SSSR count). The average molecular weight is 283 g/mol. The molecule has 1 unspecified atom stereocenters. The Bertz CT molecular complexity index is 515. The van der Waals surface area contributed by atoms with Crippen molar-refractivity contribution in [2.45, 2.75) is 19.4 Å². The Morgan fingerprint density at radius 2 is 2.06 bits per heavy atom. The van der Waals surface area contributed by atoms with Crippen LogP contribution in [0.15, 0.2) is 24.3 Å². The van der Waals surface area contributed by atoms with Crippen LogP contribution in [0.4, 0.5) is 0 Å². The summed E-state index contributed by atoms with van der Waals surface area (Å²) in [5.74, 6) is -0.484. The number of thiocarbonyl (C=S) groups is 1. The standard InChI is InChI=1S/C12H11ClN2O2S/c1-7(16)15-10(11(17)14-12(15)18)6-8-2-4-9(13)5-3-8/h2-5,10H,6H2,1H3,(H,14,17,18). The maximum Gasteiger partial charge on any atom is 0.249 e. The van der Waals surface area contributed by atoms with E-state index in [-0.39, 0.29) is 16.9 Å². The van der Waals surface area contributed by atoms with Gasteiger partial charge in [0.1, 0.15) is 6.04 Å². The van der Waals surface area contributed by atoms with E-state index in [9.17, 15) is 9.59 Å². The fourth-order valence-corrected chi connectivity index (χ4v) is 2.38. The highest BCUT2D eigenvalue weighted by Crippen LogP contribution is 2.17. The lowest BCUT2D eigenvalue weighted by Gasteiger charge is -2.19. The van der Waals surface area contributed by atoms with Gasteiger partial charge in [0.25, 0.3) is 0 Å². The molecule has 2 amide bonds. The predicted octanol–water partition coefficient (Wildman–Crippen LogP) is 1.51. The van der Waals surface area contributed by atoms with Crippen molar-refractivity contribution >= 4 is 40.7 Å². The van der Waals surface area contributed by atoms with E-state index < -0.39 is 6.04 Å². The normalized spacial score (nSPS) is 19.0. The Balaban J connectivity index is 2.21. The number of carbonyl (C=O) groups excluding carboxylic acids is 2. The minimum Gasteiger partial charge on any atom is -0.301 e. The van der Waals surface area contributed by atoms with Crippen molar-refractivity contribution < 1.29 is 9.59 Å². The number of hydrogen-bond donors (Lipinski definition) is 1. The molecule has 4 nitrogen and oxygen atoms in total. The first-order chi connectivity index (χ1) is 8.49. The zero-order chi connectivity index (χ0) is 13.3. The highest BCUT2D eigenvalue weighted by Gasteiger charge is 2.38. The van der Waals surface area contributed by atoms with Gasteiger partial charge in [-0.3, -0.25) is 14.5 Å². The van der Waals surface area contributed by atoms with Crippen molar-refractivity contribution in [3.8, 4) is 0 Å². The van der Waals surface area contributed by atoms with Crippen LogP contribution >= 0.6 is 23.8 Å². The van der Waals surface area contributed by atoms with E-state index in [1.807, 2.05) is 12.1 Å². The van der Waals surface area contributed by atoms with E-state index >= 15 is 0 Å². The average Bonchev–Trinajstić information content (AvgIpc) is 2.57. The van der Waals surface area contributed by atoms with E-state index in [1.54, 1.807) is 12.1 Å². The first kappa shape index (κ1) is 13.0. The molecule has 1 aromatic rings. The highest BCUT2D eigenvalue weighted by atomic mass is 35.5. The van der Waals surface area contributed by atoms with Crippen LogP contribution in [-0.4, -0.2) is 27.9 Å². The SMILES string of the molecule is CC(=O)N1C(=S)NC(=O)C1Cc1ccc(Cl)cc1. The molecule has 1 N–H and O–H groups in total. The number of rotatable bonds is 2.